The van der Waals surface area contributed by atoms with Gasteiger partial charge in [-0.2, -0.15) is 5.26 Å². The number of hydrogen-bond acceptors (Lipinski definition) is 7. The number of ether oxygens (including phenoxy) is 1. The smallest absolute Gasteiger partial charge is 0.379 e. The van der Waals surface area contributed by atoms with E-state index in [1.807, 2.05) is 6.07 Å². The predicted molar refractivity (Wildman–Crippen MR) is 110 cm³/mol. The third kappa shape index (κ3) is 5.21. The Labute approximate surface area is 176 Å². The van der Waals surface area contributed by atoms with E-state index in [2.05, 4.69) is 5.32 Å². The number of nitrogens with zero attached hydrogens (tertiary/aromatic N) is 2. The Morgan fingerprint density at radius 1 is 1.19 bits per heavy atom. The van der Waals surface area contributed by atoms with E-state index in [1.54, 1.807) is 25.1 Å². The number of nitriles is 1. The van der Waals surface area contributed by atoms with Crippen LogP contribution in [0.4, 0.5) is 11.4 Å². The highest BCUT2D eigenvalue weighted by atomic mass is 16.6. The fourth-order valence-electron chi connectivity index (χ4n) is 2.59. The van der Waals surface area contributed by atoms with Crippen molar-refractivity contribution >= 4 is 29.3 Å². The number of nitro benzene ring substituents is 1. The Balaban J connectivity index is 1.71. The third-order valence-electron chi connectivity index (χ3n) is 4.16. The zero-order chi connectivity index (χ0) is 22.4. The molecule has 3 aromatic rings. The number of furan rings is 1. The van der Waals surface area contributed by atoms with E-state index in [1.165, 1.54) is 48.7 Å². The summed E-state index contributed by atoms with van der Waals surface area (Å²) >= 11 is 0. The van der Waals surface area contributed by atoms with Crippen molar-refractivity contribution in [3.8, 4) is 11.8 Å². The van der Waals surface area contributed by atoms with Crippen molar-refractivity contribution in [1.82, 2.24) is 0 Å². The van der Waals surface area contributed by atoms with Gasteiger partial charge in [0.15, 0.2) is 0 Å². The molecule has 1 aromatic heterocycles. The van der Waals surface area contributed by atoms with E-state index >= 15 is 0 Å². The molecule has 0 radical (unpaired) electrons. The Bertz CT molecular complexity index is 1210. The number of carbonyl (C=O) groups excluding carboxylic acids is 2. The lowest BCUT2D eigenvalue weighted by Crippen LogP contribution is -2.14. The molecule has 0 aliphatic carbocycles. The molecule has 0 spiro atoms. The van der Waals surface area contributed by atoms with Gasteiger partial charge in [-0.15, -0.1) is 0 Å². The average molecular weight is 417 g/mol. The maximum atomic E-state index is 12.4. The van der Waals surface area contributed by atoms with Crippen LogP contribution in [0.25, 0.3) is 6.08 Å². The van der Waals surface area contributed by atoms with Crippen molar-refractivity contribution < 1.29 is 23.7 Å². The molecule has 1 N–H and O–H groups in total. The number of rotatable bonds is 6. The first-order valence-electron chi connectivity index (χ1n) is 8.91. The number of amides is 1. The number of esters is 1. The van der Waals surface area contributed by atoms with Crippen LogP contribution in [0, 0.1) is 28.4 Å². The number of benzene rings is 2. The summed E-state index contributed by atoms with van der Waals surface area (Å²) < 4.78 is 10.1. The number of nitro groups is 1. The topological polar surface area (TPSA) is 135 Å². The predicted octanol–water partition coefficient (Wildman–Crippen LogP) is 4.26. The van der Waals surface area contributed by atoms with Gasteiger partial charge in [0.2, 0.25) is 5.76 Å². The molecule has 1 amide bonds. The highest BCUT2D eigenvalue weighted by Crippen LogP contribution is 2.22. The van der Waals surface area contributed by atoms with Crippen molar-refractivity contribution in [2.75, 3.05) is 5.32 Å². The maximum Gasteiger partial charge on any atom is 0.379 e. The van der Waals surface area contributed by atoms with Crippen molar-refractivity contribution in [2.24, 2.45) is 0 Å². The molecule has 0 bridgehead atoms. The minimum Gasteiger partial charge on any atom is -0.457 e. The van der Waals surface area contributed by atoms with E-state index in [9.17, 15) is 25.0 Å². The lowest BCUT2D eigenvalue weighted by Gasteiger charge is -2.08. The van der Waals surface area contributed by atoms with Crippen LogP contribution < -0.4 is 10.1 Å². The summed E-state index contributed by atoms with van der Waals surface area (Å²) in [5, 5.41) is 22.7. The van der Waals surface area contributed by atoms with Gasteiger partial charge >= 0.3 is 5.97 Å². The van der Waals surface area contributed by atoms with Crippen LogP contribution in [0.15, 0.2) is 70.9 Å². The molecule has 31 heavy (non-hydrogen) atoms. The quantitative estimate of drug-likeness (QED) is 0.158. The van der Waals surface area contributed by atoms with Gasteiger partial charge < -0.3 is 14.5 Å². The monoisotopic (exact) mass is 417 g/mol. The lowest BCUT2D eigenvalue weighted by molar-refractivity contribution is -0.384. The zero-order valence-electron chi connectivity index (χ0n) is 16.2. The number of aryl methyl sites for hydroxylation is 1. The molecular formula is C22H15N3O6. The maximum absolute atomic E-state index is 12.4. The van der Waals surface area contributed by atoms with Crippen molar-refractivity contribution in [3.63, 3.8) is 0 Å². The molecule has 9 nitrogen and oxygen atoms in total. The van der Waals surface area contributed by atoms with Gasteiger partial charge in [0, 0.05) is 17.8 Å². The Hall–Kier alpha value is -4.71. The van der Waals surface area contributed by atoms with Gasteiger partial charge in [-0.25, -0.2) is 4.79 Å². The molecule has 154 valence electrons. The van der Waals surface area contributed by atoms with Crippen LogP contribution in [-0.4, -0.2) is 16.8 Å². The fraction of sp³-hybridized carbons (Fsp3) is 0.0455. The first-order valence-corrected chi connectivity index (χ1v) is 8.91. The van der Waals surface area contributed by atoms with E-state index < -0.39 is 16.8 Å². The van der Waals surface area contributed by atoms with Crippen molar-refractivity contribution in [2.45, 2.75) is 6.92 Å². The minimum absolute atomic E-state index is 0.0638. The average Bonchev–Trinajstić information content (AvgIpc) is 3.29. The van der Waals surface area contributed by atoms with Crippen molar-refractivity contribution in [1.29, 1.82) is 5.26 Å². The molecule has 1 heterocycles. The molecular weight excluding hydrogens is 402 g/mol. The summed E-state index contributed by atoms with van der Waals surface area (Å²) in [6.07, 6.45) is 2.73. The molecule has 9 heteroatoms. The SMILES string of the molecule is Cc1cc([N+](=O)[O-])ccc1NC(=O)C(C#N)=Cc1ccc(OC(=O)c2ccco2)cc1. The molecule has 0 aliphatic heterocycles. The normalized spacial score (nSPS) is 10.8. The highest BCUT2D eigenvalue weighted by molar-refractivity contribution is 6.10. The van der Waals surface area contributed by atoms with E-state index in [-0.39, 0.29) is 22.8 Å². The van der Waals surface area contributed by atoms with Crippen LogP contribution >= 0.6 is 0 Å². The van der Waals surface area contributed by atoms with Crippen LogP contribution in [0.5, 0.6) is 5.75 Å². The van der Waals surface area contributed by atoms with Gasteiger partial charge in [0.25, 0.3) is 11.6 Å². The summed E-state index contributed by atoms with van der Waals surface area (Å²) in [5.41, 5.74) is 1.11. The van der Waals surface area contributed by atoms with Crippen LogP contribution in [0.2, 0.25) is 0 Å². The van der Waals surface area contributed by atoms with Gasteiger partial charge in [0.05, 0.1) is 11.2 Å². The summed E-state index contributed by atoms with van der Waals surface area (Å²) in [5.74, 6) is -0.978. The van der Waals surface area contributed by atoms with Crippen molar-refractivity contribution in [3.05, 3.63) is 93.4 Å². The summed E-state index contributed by atoms with van der Waals surface area (Å²) in [4.78, 5) is 34.6. The standard InChI is InChI=1S/C22H15N3O6/c1-14-11-17(25(28)29)6-9-19(14)24-21(26)16(13-23)12-15-4-7-18(8-5-15)31-22(27)20-3-2-10-30-20/h2-12H,1H3,(H,24,26). The van der Waals surface area contributed by atoms with Crippen LogP contribution in [0.1, 0.15) is 21.7 Å². The van der Waals surface area contributed by atoms with E-state index in [4.69, 9.17) is 9.15 Å². The molecule has 0 atom stereocenters. The lowest BCUT2D eigenvalue weighted by atomic mass is 10.1. The highest BCUT2D eigenvalue weighted by Gasteiger charge is 2.14. The molecule has 3 rings (SSSR count). The van der Waals surface area contributed by atoms with Gasteiger partial charge in [-0.05, 0) is 54.5 Å². The number of nitrogens with one attached hydrogen (secondary N) is 1. The summed E-state index contributed by atoms with van der Waals surface area (Å²) in [6, 6.07) is 15.0. The second-order valence-electron chi connectivity index (χ2n) is 6.32. The molecule has 0 aliphatic rings. The minimum atomic E-state index is -0.659. The van der Waals surface area contributed by atoms with Crippen LogP contribution in [0.3, 0.4) is 0 Å². The van der Waals surface area contributed by atoms with E-state index in [0.717, 1.165) is 0 Å². The molecule has 2 aromatic carbocycles. The Morgan fingerprint density at radius 3 is 2.52 bits per heavy atom. The van der Waals surface area contributed by atoms with Gasteiger partial charge in [-0.3, -0.25) is 14.9 Å². The first kappa shape index (κ1) is 21.0. The second-order valence-corrected chi connectivity index (χ2v) is 6.32. The summed E-state index contributed by atoms with van der Waals surface area (Å²) in [6.45, 7) is 1.61. The molecule has 0 fully saturated rings. The first-order chi connectivity index (χ1) is 14.9. The van der Waals surface area contributed by atoms with E-state index in [0.29, 0.717) is 16.8 Å². The second kappa shape index (κ2) is 9.19. The molecule has 0 unspecified atom stereocenters. The molecule has 0 saturated carbocycles. The zero-order valence-corrected chi connectivity index (χ0v) is 16.2. The summed E-state index contributed by atoms with van der Waals surface area (Å²) in [7, 11) is 0. The number of non-ortho nitro benzene ring substituents is 1. The number of hydrogen-bond donors (Lipinski definition) is 1. The van der Waals surface area contributed by atoms with Gasteiger partial charge in [0.1, 0.15) is 17.4 Å². The molecule has 0 saturated heterocycles. The Kier molecular flexibility index (Phi) is 6.23. The largest absolute Gasteiger partial charge is 0.457 e. The Morgan fingerprint density at radius 2 is 1.94 bits per heavy atom. The van der Waals surface area contributed by atoms with Crippen LogP contribution in [-0.2, 0) is 4.79 Å². The number of carbonyl (C=O) groups is 2. The van der Waals surface area contributed by atoms with Gasteiger partial charge in [-0.1, -0.05) is 12.1 Å². The third-order valence-corrected chi connectivity index (χ3v) is 4.16. The fourth-order valence-corrected chi connectivity index (χ4v) is 2.59. The number of anilines is 1.